The monoisotopic (exact) mass is 482 g/mol. The third-order valence-electron chi connectivity index (χ3n) is 4.88. The predicted octanol–water partition coefficient (Wildman–Crippen LogP) is 3.59. The van der Waals surface area contributed by atoms with Crippen LogP contribution in [0.3, 0.4) is 0 Å². The average molecular weight is 483 g/mol. The summed E-state index contributed by atoms with van der Waals surface area (Å²) in [5.74, 6) is 1.46. The molecule has 0 radical (unpaired) electrons. The molecule has 1 atom stereocenters. The Morgan fingerprint density at radius 1 is 1.06 bits per heavy atom. The Hall–Kier alpha value is -4.05. The van der Waals surface area contributed by atoms with Gasteiger partial charge in [-0.2, -0.15) is 5.10 Å². The number of nitrogens with one attached hydrogen (secondary N) is 1. The van der Waals surface area contributed by atoms with Gasteiger partial charge in [0, 0.05) is 58.2 Å². The number of methoxy groups -OCH3 is 2. The van der Waals surface area contributed by atoms with Gasteiger partial charge in [-0.1, -0.05) is 0 Å². The number of aromatic nitrogens is 2. The normalized spacial score (nSPS) is 11.5. The molecule has 10 heteroatoms. The lowest BCUT2D eigenvalue weighted by Gasteiger charge is -2.17. The molecule has 3 aromatic rings. The molecule has 0 aliphatic rings. The molecule has 0 spiro atoms. The summed E-state index contributed by atoms with van der Waals surface area (Å²) in [6.45, 7) is 2.23. The van der Waals surface area contributed by atoms with E-state index in [9.17, 15) is 9.59 Å². The fourth-order valence-electron chi connectivity index (χ4n) is 3.29. The van der Waals surface area contributed by atoms with Crippen LogP contribution < -0.4 is 19.5 Å². The zero-order valence-corrected chi connectivity index (χ0v) is 20.7. The van der Waals surface area contributed by atoms with Crippen molar-refractivity contribution >= 4 is 17.6 Å². The second kappa shape index (κ2) is 11.4. The van der Waals surface area contributed by atoms with Crippen molar-refractivity contribution in [3.63, 3.8) is 0 Å². The standard InChI is InChI=1S/C25H30N4O6/c1-16(15-32-5)34-19-11-17(24(30)26-23-9-10-29(4)27-23)12-20(13-19)35-18-7-8-21(22(14-18)33-6)25(31)28(2)3/h7-14,16H,15H2,1-6H3,(H,26,27,30). The summed E-state index contributed by atoms with van der Waals surface area (Å²) in [6.07, 6.45) is 1.48. The van der Waals surface area contributed by atoms with Gasteiger partial charge in [0.25, 0.3) is 11.8 Å². The van der Waals surface area contributed by atoms with Crippen LogP contribution in [0.15, 0.2) is 48.7 Å². The molecule has 1 heterocycles. The van der Waals surface area contributed by atoms with Crippen LogP contribution in [0.2, 0.25) is 0 Å². The number of hydrogen-bond donors (Lipinski definition) is 1. The summed E-state index contributed by atoms with van der Waals surface area (Å²) in [7, 11) is 8.17. The van der Waals surface area contributed by atoms with Crippen molar-refractivity contribution in [3.8, 4) is 23.0 Å². The Morgan fingerprint density at radius 3 is 2.43 bits per heavy atom. The van der Waals surface area contributed by atoms with E-state index < -0.39 is 0 Å². The molecule has 186 valence electrons. The highest BCUT2D eigenvalue weighted by molar-refractivity contribution is 6.04. The third kappa shape index (κ3) is 6.73. The lowest BCUT2D eigenvalue weighted by Crippen LogP contribution is -2.22. The van der Waals surface area contributed by atoms with Crippen molar-refractivity contribution in [3.05, 3.63) is 59.8 Å². The van der Waals surface area contributed by atoms with Crippen molar-refractivity contribution in [2.45, 2.75) is 13.0 Å². The van der Waals surface area contributed by atoms with Crippen molar-refractivity contribution in [2.24, 2.45) is 7.05 Å². The van der Waals surface area contributed by atoms with Gasteiger partial charge in [-0.15, -0.1) is 0 Å². The van der Waals surface area contributed by atoms with E-state index in [1.54, 1.807) is 81.6 Å². The minimum Gasteiger partial charge on any atom is -0.496 e. The van der Waals surface area contributed by atoms with Gasteiger partial charge >= 0.3 is 0 Å². The van der Waals surface area contributed by atoms with E-state index in [1.807, 2.05) is 6.92 Å². The number of aryl methyl sites for hydroxylation is 1. The van der Waals surface area contributed by atoms with Crippen molar-refractivity contribution < 1.29 is 28.5 Å². The average Bonchev–Trinajstić information content (AvgIpc) is 3.22. The summed E-state index contributed by atoms with van der Waals surface area (Å²) in [4.78, 5) is 26.8. The number of rotatable bonds is 10. The maximum atomic E-state index is 12.9. The van der Waals surface area contributed by atoms with Gasteiger partial charge in [-0.3, -0.25) is 14.3 Å². The molecule has 0 aliphatic heterocycles. The zero-order chi connectivity index (χ0) is 25.5. The molecule has 3 rings (SSSR count). The molecular weight excluding hydrogens is 452 g/mol. The molecule has 2 amide bonds. The molecule has 1 unspecified atom stereocenters. The number of ether oxygens (including phenoxy) is 4. The number of nitrogens with zero attached hydrogens (tertiary/aromatic N) is 3. The van der Waals surface area contributed by atoms with E-state index in [4.69, 9.17) is 18.9 Å². The smallest absolute Gasteiger partial charge is 0.257 e. The van der Waals surface area contributed by atoms with Gasteiger partial charge in [-0.25, -0.2) is 0 Å². The largest absolute Gasteiger partial charge is 0.496 e. The predicted molar refractivity (Wildman–Crippen MR) is 131 cm³/mol. The molecule has 0 fully saturated rings. The molecule has 35 heavy (non-hydrogen) atoms. The van der Waals surface area contributed by atoms with Crippen molar-refractivity contribution in [1.29, 1.82) is 0 Å². The number of amides is 2. The second-order valence-corrected chi connectivity index (χ2v) is 8.07. The number of carbonyl (C=O) groups is 2. The Balaban J connectivity index is 1.91. The minimum absolute atomic E-state index is 0.190. The maximum Gasteiger partial charge on any atom is 0.257 e. The molecule has 10 nitrogen and oxygen atoms in total. The van der Waals surface area contributed by atoms with Gasteiger partial charge in [0.1, 0.15) is 29.1 Å². The summed E-state index contributed by atoms with van der Waals surface area (Å²) >= 11 is 0. The fraction of sp³-hybridized carbons (Fsp3) is 0.320. The van der Waals surface area contributed by atoms with Gasteiger partial charge in [0.05, 0.1) is 19.3 Å². The Morgan fingerprint density at radius 2 is 1.80 bits per heavy atom. The second-order valence-electron chi connectivity index (χ2n) is 8.07. The molecule has 2 aromatic carbocycles. The van der Waals surface area contributed by atoms with E-state index in [2.05, 4.69) is 10.4 Å². The third-order valence-corrected chi connectivity index (χ3v) is 4.88. The lowest BCUT2D eigenvalue weighted by molar-refractivity contribution is 0.0824. The quantitative estimate of drug-likeness (QED) is 0.471. The van der Waals surface area contributed by atoms with Gasteiger partial charge < -0.3 is 29.2 Å². The van der Waals surface area contributed by atoms with E-state index in [0.29, 0.717) is 46.5 Å². The van der Waals surface area contributed by atoms with Crippen LogP contribution in [-0.4, -0.2) is 67.5 Å². The van der Waals surface area contributed by atoms with Crippen molar-refractivity contribution in [1.82, 2.24) is 14.7 Å². The first-order valence-electron chi connectivity index (χ1n) is 10.9. The van der Waals surface area contributed by atoms with Crippen LogP contribution in [0.25, 0.3) is 0 Å². The topological polar surface area (TPSA) is 104 Å². The molecule has 0 bridgehead atoms. The number of benzene rings is 2. The first-order chi connectivity index (χ1) is 16.7. The Kier molecular flexibility index (Phi) is 8.32. The molecule has 0 aliphatic carbocycles. The van der Waals surface area contributed by atoms with Crippen LogP contribution in [0.4, 0.5) is 5.82 Å². The van der Waals surface area contributed by atoms with Gasteiger partial charge in [0.15, 0.2) is 5.82 Å². The highest BCUT2D eigenvalue weighted by atomic mass is 16.5. The molecule has 1 N–H and O–H groups in total. The van der Waals surface area contributed by atoms with Crippen LogP contribution in [0.5, 0.6) is 23.0 Å². The van der Waals surface area contributed by atoms with E-state index >= 15 is 0 Å². The van der Waals surface area contributed by atoms with Crippen LogP contribution in [-0.2, 0) is 11.8 Å². The van der Waals surface area contributed by atoms with Crippen molar-refractivity contribution in [2.75, 3.05) is 40.2 Å². The Bertz CT molecular complexity index is 1190. The Labute approximate surface area is 204 Å². The first-order valence-corrected chi connectivity index (χ1v) is 10.9. The summed E-state index contributed by atoms with van der Waals surface area (Å²) in [6, 6.07) is 11.5. The molecule has 0 saturated carbocycles. The summed E-state index contributed by atoms with van der Waals surface area (Å²) < 4.78 is 24.1. The van der Waals surface area contributed by atoms with Gasteiger partial charge in [-0.05, 0) is 31.2 Å². The zero-order valence-electron chi connectivity index (χ0n) is 20.7. The van der Waals surface area contributed by atoms with E-state index in [0.717, 1.165) is 0 Å². The molecular formula is C25H30N4O6. The highest BCUT2D eigenvalue weighted by Crippen LogP contribution is 2.32. The van der Waals surface area contributed by atoms with E-state index in [-0.39, 0.29) is 17.9 Å². The SMILES string of the molecule is COCC(C)Oc1cc(Oc2ccc(C(=O)N(C)C)c(OC)c2)cc(C(=O)Nc2ccn(C)n2)c1. The fourth-order valence-corrected chi connectivity index (χ4v) is 3.29. The summed E-state index contributed by atoms with van der Waals surface area (Å²) in [5, 5.41) is 6.93. The highest BCUT2D eigenvalue weighted by Gasteiger charge is 2.17. The minimum atomic E-state index is -0.372. The number of anilines is 1. The summed E-state index contributed by atoms with van der Waals surface area (Å²) in [5.41, 5.74) is 0.727. The lowest BCUT2D eigenvalue weighted by atomic mass is 10.1. The number of hydrogen-bond acceptors (Lipinski definition) is 7. The van der Waals surface area contributed by atoms with Crippen LogP contribution in [0, 0.1) is 0 Å². The van der Waals surface area contributed by atoms with Crippen LogP contribution in [0.1, 0.15) is 27.6 Å². The molecule has 0 saturated heterocycles. The number of carbonyl (C=O) groups excluding carboxylic acids is 2. The van der Waals surface area contributed by atoms with Gasteiger partial charge in [0.2, 0.25) is 0 Å². The van der Waals surface area contributed by atoms with Crippen LogP contribution >= 0.6 is 0 Å². The first kappa shape index (κ1) is 25.6. The van der Waals surface area contributed by atoms with E-state index in [1.165, 1.54) is 12.0 Å². The maximum absolute atomic E-state index is 12.9. The molecule has 1 aromatic heterocycles.